The fraction of sp³-hybridized carbons (Fsp3) is 0.273. The van der Waals surface area contributed by atoms with Gasteiger partial charge in [0.1, 0.15) is 17.6 Å². The molecule has 0 saturated heterocycles. The van der Waals surface area contributed by atoms with E-state index in [0.717, 1.165) is 52.1 Å². The van der Waals surface area contributed by atoms with Gasteiger partial charge in [-0.2, -0.15) is 0 Å². The number of rotatable bonds is 13. The van der Waals surface area contributed by atoms with Crippen LogP contribution in [0.1, 0.15) is 42.7 Å². The molecular formula is C33H34N6O6S. The molecule has 0 fully saturated rings. The number of nitrogens with two attached hydrogens (primary N) is 1. The van der Waals surface area contributed by atoms with Gasteiger partial charge in [0.15, 0.2) is 5.88 Å². The molecule has 1 amide bonds. The van der Waals surface area contributed by atoms with E-state index in [0.29, 0.717) is 28.2 Å². The summed E-state index contributed by atoms with van der Waals surface area (Å²) in [6.45, 7) is 0.767. The summed E-state index contributed by atoms with van der Waals surface area (Å²) >= 11 is 1.46. The zero-order valence-electron chi connectivity index (χ0n) is 25.0. The van der Waals surface area contributed by atoms with Gasteiger partial charge >= 0.3 is 6.16 Å². The minimum Gasteiger partial charge on any atom is -0.494 e. The summed E-state index contributed by atoms with van der Waals surface area (Å²) in [4.78, 5) is 32.5. The van der Waals surface area contributed by atoms with E-state index in [9.17, 15) is 19.8 Å². The Morgan fingerprint density at radius 1 is 0.957 bits per heavy atom. The summed E-state index contributed by atoms with van der Waals surface area (Å²) in [6.07, 6.45) is 2.03. The third-order valence-corrected chi connectivity index (χ3v) is 8.97. The Labute approximate surface area is 269 Å². The zero-order valence-corrected chi connectivity index (χ0v) is 25.8. The normalized spacial score (nSPS) is 13.4. The van der Waals surface area contributed by atoms with Crippen LogP contribution in [0, 0.1) is 0 Å². The Morgan fingerprint density at radius 2 is 1.76 bits per heavy atom. The Bertz CT molecular complexity index is 1870. The maximum Gasteiger partial charge on any atom is 0.535 e. The first kappa shape index (κ1) is 31.0. The monoisotopic (exact) mass is 642 g/mol. The van der Waals surface area contributed by atoms with E-state index in [4.69, 9.17) is 15.3 Å². The van der Waals surface area contributed by atoms with Crippen molar-refractivity contribution in [1.82, 2.24) is 19.7 Å². The fourth-order valence-corrected chi connectivity index (χ4v) is 6.60. The molecule has 1 atom stereocenters. The zero-order chi connectivity index (χ0) is 32.0. The smallest absolute Gasteiger partial charge is 0.494 e. The van der Waals surface area contributed by atoms with Gasteiger partial charge in [-0.05, 0) is 76.9 Å². The Kier molecular flexibility index (Phi) is 9.41. The average molecular weight is 643 g/mol. The molecule has 3 aromatic carbocycles. The molecule has 0 spiro atoms. The van der Waals surface area contributed by atoms with Crippen molar-refractivity contribution in [3.05, 3.63) is 83.9 Å². The molecular weight excluding hydrogens is 608 g/mol. The highest BCUT2D eigenvalue weighted by molar-refractivity contribution is 7.99. The number of benzene rings is 3. The van der Waals surface area contributed by atoms with Crippen LogP contribution in [0.15, 0.2) is 77.7 Å². The van der Waals surface area contributed by atoms with Crippen LogP contribution in [-0.4, -0.2) is 60.9 Å². The Hall–Kier alpha value is -5.01. The van der Waals surface area contributed by atoms with Gasteiger partial charge in [0, 0.05) is 30.6 Å². The second-order valence-electron chi connectivity index (χ2n) is 10.9. The quantitative estimate of drug-likeness (QED) is 0.0575. The number of amides is 1. The van der Waals surface area contributed by atoms with Crippen LogP contribution in [0.25, 0.3) is 22.2 Å². The predicted molar refractivity (Wildman–Crippen MR) is 174 cm³/mol. The lowest BCUT2D eigenvalue weighted by Crippen LogP contribution is -2.24. The molecule has 0 bridgehead atoms. The standard InChI is InChI=1S/C33H34N6O6S/c34-15-6-1-7-17-46-29-19-31(41)38(32(29)42)16-14-30(40)35-21-12-13-24-22-8-2-3-9-23(22)26(25(24)18-21)20-44-33(43)45-39-28-11-5-4-10-27(28)36-37-39/h2-5,8-13,18-19,26,41-42H,1,6-7,14-17,20,34H2,(H,35,40). The van der Waals surface area contributed by atoms with Crippen LogP contribution in [-0.2, 0) is 16.1 Å². The number of fused-ring (bicyclic) bond motifs is 4. The first-order valence-corrected chi connectivity index (χ1v) is 16.0. The van der Waals surface area contributed by atoms with Gasteiger partial charge in [0.25, 0.3) is 0 Å². The van der Waals surface area contributed by atoms with Crippen LogP contribution in [0.5, 0.6) is 11.8 Å². The molecule has 13 heteroatoms. The van der Waals surface area contributed by atoms with E-state index in [1.54, 1.807) is 18.2 Å². The van der Waals surface area contributed by atoms with Crippen molar-refractivity contribution in [1.29, 1.82) is 0 Å². The highest BCUT2D eigenvalue weighted by atomic mass is 32.2. The number of thioether (sulfide) groups is 1. The number of unbranched alkanes of at least 4 members (excludes halogenated alkanes) is 2. The SMILES string of the molecule is NCCCCCSc1cc(O)n(CCC(=O)Nc2ccc3c(c2)C(COC(=O)On2nnc4ccccc42)c2ccccc2-3)c1O. The largest absolute Gasteiger partial charge is 0.535 e. The van der Waals surface area contributed by atoms with Crippen molar-refractivity contribution >= 4 is 40.5 Å². The number of nitrogens with one attached hydrogen (secondary N) is 1. The van der Waals surface area contributed by atoms with Gasteiger partial charge in [-0.3, -0.25) is 14.2 Å². The number of carbonyl (C=O) groups excluding carboxylic acids is 2. The van der Waals surface area contributed by atoms with Crippen molar-refractivity contribution in [2.24, 2.45) is 5.73 Å². The first-order valence-electron chi connectivity index (χ1n) is 15.1. The second-order valence-corrected chi connectivity index (χ2v) is 12.0. The number of carbonyl (C=O) groups is 2. The van der Waals surface area contributed by atoms with E-state index >= 15 is 0 Å². The van der Waals surface area contributed by atoms with Gasteiger partial charge in [0.2, 0.25) is 11.8 Å². The fourth-order valence-electron chi connectivity index (χ4n) is 5.60. The molecule has 238 valence electrons. The second kappa shape index (κ2) is 14.0. The minimum absolute atomic E-state index is 0.00637. The molecule has 1 aliphatic rings. The van der Waals surface area contributed by atoms with Gasteiger partial charge in [-0.25, -0.2) is 4.79 Å². The van der Waals surface area contributed by atoms with E-state index in [-0.39, 0.29) is 43.2 Å². The van der Waals surface area contributed by atoms with E-state index in [1.807, 2.05) is 48.5 Å². The van der Waals surface area contributed by atoms with Crippen molar-refractivity contribution in [3.8, 4) is 22.9 Å². The molecule has 1 unspecified atom stereocenters. The molecule has 2 heterocycles. The summed E-state index contributed by atoms with van der Waals surface area (Å²) in [5.41, 5.74) is 11.1. The average Bonchev–Trinajstić information content (AvgIpc) is 3.69. The summed E-state index contributed by atoms with van der Waals surface area (Å²) < 4.78 is 6.87. The highest BCUT2D eigenvalue weighted by Gasteiger charge is 2.30. The van der Waals surface area contributed by atoms with Gasteiger partial charge in [-0.15, -0.1) is 16.9 Å². The number of hydrogen-bond donors (Lipinski definition) is 4. The minimum atomic E-state index is -0.921. The van der Waals surface area contributed by atoms with Crippen molar-refractivity contribution in [3.63, 3.8) is 0 Å². The topological polar surface area (TPSA) is 167 Å². The van der Waals surface area contributed by atoms with Crippen LogP contribution < -0.4 is 15.9 Å². The number of anilines is 1. The lowest BCUT2D eigenvalue weighted by Gasteiger charge is -2.15. The van der Waals surface area contributed by atoms with E-state index < -0.39 is 6.16 Å². The molecule has 2 aromatic heterocycles. The van der Waals surface area contributed by atoms with Crippen LogP contribution in [0.4, 0.5) is 10.5 Å². The molecule has 5 N–H and O–H groups in total. The number of nitrogens with zero attached hydrogens (tertiary/aromatic N) is 4. The van der Waals surface area contributed by atoms with Gasteiger partial charge < -0.3 is 26.0 Å². The summed E-state index contributed by atoms with van der Waals surface area (Å²) in [6, 6.07) is 22.1. The molecule has 5 aromatic rings. The summed E-state index contributed by atoms with van der Waals surface area (Å²) in [7, 11) is 0. The number of aromatic hydroxyl groups is 2. The first-order chi connectivity index (χ1) is 22.4. The van der Waals surface area contributed by atoms with Crippen molar-refractivity contribution in [2.75, 3.05) is 24.2 Å². The lowest BCUT2D eigenvalue weighted by molar-refractivity contribution is -0.116. The number of para-hydroxylation sites is 1. The summed E-state index contributed by atoms with van der Waals surface area (Å²) in [5, 5.41) is 31.8. The van der Waals surface area contributed by atoms with Crippen molar-refractivity contribution < 1.29 is 29.4 Å². The van der Waals surface area contributed by atoms with Gasteiger partial charge in [-0.1, -0.05) is 53.7 Å². The molecule has 6 rings (SSSR count). The number of ether oxygens (including phenoxy) is 1. The lowest BCUT2D eigenvalue weighted by atomic mass is 9.97. The van der Waals surface area contributed by atoms with E-state index in [2.05, 4.69) is 15.6 Å². The molecule has 46 heavy (non-hydrogen) atoms. The van der Waals surface area contributed by atoms with Crippen LogP contribution >= 0.6 is 11.8 Å². The maximum absolute atomic E-state index is 12.9. The third kappa shape index (κ3) is 6.65. The molecule has 0 aliphatic heterocycles. The molecule has 0 radical (unpaired) electrons. The van der Waals surface area contributed by atoms with E-state index in [1.165, 1.54) is 22.4 Å². The number of aromatic nitrogens is 4. The Balaban J connectivity index is 1.09. The third-order valence-electron chi connectivity index (χ3n) is 7.87. The molecule has 1 aliphatic carbocycles. The van der Waals surface area contributed by atoms with Crippen LogP contribution in [0.3, 0.4) is 0 Å². The predicted octanol–water partition coefficient (Wildman–Crippen LogP) is 5.27. The molecule has 12 nitrogen and oxygen atoms in total. The number of hydrogen-bond acceptors (Lipinski definition) is 10. The van der Waals surface area contributed by atoms with Crippen molar-refractivity contribution in [2.45, 2.75) is 43.0 Å². The maximum atomic E-state index is 12.9. The van der Waals surface area contributed by atoms with Crippen LogP contribution in [0.2, 0.25) is 0 Å². The van der Waals surface area contributed by atoms with Gasteiger partial charge in [0.05, 0.1) is 4.90 Å². The molecule has 0 saturated carbocycles. The summed E-state index contributed by atoms with van der Waals surface area (Å²) in [5.74, 6) is 0.0797. The Morgan fingerprint density at radius 3 is 2.63 bits per heavy atom. The highest BCUT2D eigenvalue weighted by Crippen LogP contribution is 2.46.